The van der Waals surface area contributed by atoms with E-state index in [9.17, 15) is 0 Å². The first kappa shape index (κ1) is 14.0. The molecule has 0 fully saturated rings. The molecule has 18 heavy (non-hydrogen) atoms. The second-order valence-corrected chi connectivity index (χ2v) is 6.36. The monoisotopic (exact) mass is 268 g/mol. The number of hydrogen-bond acceptors (Lipinski definition) is 4. The van der Waals surface area contributed by atoms with E-state index >= 15 is 0 Å². The molecule has 2 unspecified atom stereocenters. The van der Waals surface area contributed by atoms with Crippen molar-refractivity contribution in [2.24, 2.45) is 5.73 Å². The summed E-state index contributed by atoms with van der Waals surface area (Å²) >= 11 is 1.88. The third-order valence-corrected chi connectivity index (χ3v) is 5.25. The molecule has 0 amide bonds. The van der Waals surface area contributed by atoms with Crippen LogP contribution in [0, 0.1) is 0 Å². The average molecular weight is 268 g/mol. The summed E-state index contributed by atoms with van der Waals surface area (Å²) in [7, 11) is 1.76. The van der Waals surface area contributed by atoms with Crippen LogP contribution in [0.15, 0.2) is 11.4 Å². The van der Waals surface area contributed by atoms with Crippen molar-refractivity contribution in [1.29, 1.82) is 0 Å². The quantitative estimate of drug-likeness (QED) is 0.891. The van der Waals surface area contributed by atoms with Crippen LogP contribution in [0.3, 0.4) is 0 Å². The predicted octanol–water partition coefficient (Wildman–Crippen LogP) is 2.42. The molecule has 0 saturated carbocycles. The van der Waals surface area contributed by atoms with Gasteiger partial charge in [-0.05, 0) is 43.7 Å². The van der Waals surface area contributed by atoms with E-state index in [1.165, 1.54) is 5.56 Å². The van der Waals surface area contributed by atoms with Crippen LogP contribution in [0.4, 0.5) is 0 Å². The van der Waals surface area contributed by atoms with E-state index < -0.39 is 0 Å². The molecule has 0 saturated heterocycles. The first-order valence-electron chi connectivity index (χ1n) is 6.64. The Morgan fingerprint density at radius 3 is 3.06 bits per heavy atom. The van der Waals surface area contributed by atoms with E-state index in [-0.39, 0.29) is 5.54 Å². The Morgan fingerprint density at radius 1 is 1.61 bits per heavy atom. The van der Waals surface area contributed by atoms with Gasteiger partial charge in [0.1, 0.15) is 0 Å². The van der Waals surface area contributed by atoms with Crippen molar-refractivity contribution in [3.8, 4) is 0 Å². The van der Waals surface area contributed by atoms with E-state index in [0.717, 1.165) is 26.0 Å². The fourth-order valence-corrected chi connectivity index (χ4v) is 3.89. The van der Waals surface area contributed by atoms with Gasteiger partial charge in [0.25, 0.3) is 0 Å². The largest absolute Gasteiger partial charge is 0.385 e. The molecule has 2 heterocycles. The summed E-state index contributed by atoms with van der Waals surface area (Å²) in [5, 5.41) is 2.21. The summed E-state index contributed by atoms with van der Waals surface area (Å²) in [5.41, 5.74) is 7.57. The Morgan fingerprint density at radius 2 is 2.39 bits per heavy atom. The van der Waals surface area contributed by atoms with Gasteiger partial charge in [-0.15, -0.1) is 11.3 Å². The summed E-state index contributed by atoms with van der Waals surface area (Å²) in [5.74, 6) is 0. The fourth-order valence-electron chi connectivity index (χ4n) is 2.93. The molecule has 1 aliphatic rings. The van der Waals surface area contributed by atoms with Crippen LogP contribution in [0.2, 0.25) is 0 Å². The van der Waals surface area contributed by atoms with Gasteiger partial charge >= 0.3 is 0 Å². The second kappa shape index (κ2) is 5.70. The van der Waals surface area contributed by atoms with Crippen LogP contribution in [0.5, 0.6) is 0 Å². The first-order chi connectivity index (χ1) is 8.62. The smallest absolute Gasteiger partial charge is 0.0480 e. The summed E-state index contributed by atoms with van der Waals surface area (Å²) < 4.78 is 5.24. The van der Waals surface area contributed by atoms with Gasteiger partial charge in [0.15, 0.2) is 0 Å². The maximum absolute atomic E-state index is 6.04. The molecule has 0 spiro atoms. The lowest BCUT2D eigenvalue weighted by Crippen LogP contribution is -2.55. The SMILES string of the molecule is COCCC(C)(CN)N1CCc2sccc2C1C. The van der Waals surface area contributed by atoms with Gasteiger partial charge in [0.05, 0.1) is 0 Å². The molecule has 2 atom stereocenters. The van der Waals surface area contributed by atoms with Gasteiger partial charge in [-0.1, -0.05) is 0 Å². The van der Waals surface area contributed by atoms with E-state index in [2.05, 4.69) is 30.2 Å². The van der Waals surface area contributed by atoms with Crippen LogP contribution in [0.25, 0.3) is 0 Å². The number of hydrogen-bond donors (Lipinski definition) is 1. The van der Waals surface area contributed by atoms with Crippen molar-refractivity contribution in [2.75, 3.05) is 26.8 Å². The maximum Gasteiger partial charge on any atom is 0.0480 e. The molecule has 2 rings (SSSR count). The number of fused-ring (bicyclic) bond motifs is 1. The van der Waals surface area contributed by atoms with E-state index in [4.69, 9.17) is 10.5 Å². The lowest BCUT2D eigenvalue weighted by atomic mass is 9.89. The molecule has 0 aliphatic carbocycles. The fraction of sp³-hybridized carbons (Fsp3) is 0.714. The van der Waals surface area contributed by atoms with Crippen LogP contribution < -0.4 is 5.73 Å². The number of rotatable bonds is 5. The minimum Gasteiger partial charge on any atom is -0.385 e. The highest BCUT2D eigenvalue weighted by atomic mass is 32.1. The minimum absolute atomic E-state index is 0.0368. The summed E-state index contributed by atoms with van der Waals surface area (Å²) in [4.78, 5) is 4.10. The Labute approximate surface area is 114 Å². The number of methoxy groups -OCH3 is 1. The van der Waals surface area contributed by atoms with E-state index in [1.54, 1.807) is 12.0 Å². The Hall–Kier alpha value is -0.420. The van der Waals surface area contributed by atoms with E-state index in [1.807, 2.05) is 11.3 Å². The Balaban J connectivity index is 2.18. The van der Waals surface area contributed by atoms with Gasteiger partial charge in [-0.3, -0.25) is 4.90 Å². The molecule has 3 nitrogen and oxygen atoms in total. The third kappa shape index (κ3) is 2.48. The first-order valence-corrected chi connectivity index (χ1v) is 7.52. The van der Waals surface area contributed by atoms with Crippen molar-refractivity contribution in [2.45, 2.75) is 38.3 Å². The number of nitrogens with two attached hydrogens (primary N) is 1. The lowest BCUT2D eigenvalue weighted by Gasteiger charge is -2.46. The number of nitrogens with zero attached hydrogens (tertiary/aromatic N) is 1. The van der Waals surface area contributed by atoms with Crippen LogP contribution >= 0.6 is 11.3 Å². The van der Waals surface area contributed by atoms with Crippen molar-refractivity contribution in [1.82, 2.24) is 4.90 Å². The zero-order valence-electron chi connectivity index (χ0n) is 11.6. The standard InChI is InChI=1S/C14H24N2OS/c1-11-12-5-9-18-13(12)4-7-16(11)14(2,10-15)6-8-17-3/h5,9,11H,4,6-8,10,15H2,1-3H3. The predicted molar refractivity (Wildman–Crippen MR) is 77.1 cm³/mol. The van der Waals surface area contributed by atoms with Crippen LogP contribution in [-0.2, 0) is 11.2 Å². The zero-order valence-corrected chi connectivity index (χ0v) is 12.4. The lowest BCUT2D eigenvalue weighted by molar-refractivity contribution is 0.0334. The summed E-state index contributed by atoms with van der Waals surface area (Å²) in [6, 6.07) is 2.73. The van der Waals surface area contributed by atoms with Crippen molar-refractivity contribution in [3.63, 3.8) is 0 Å². The van der Waals surface area contributed by atoms with Crippen molar-refractivity contribution >= 4 is 11.3 Å². The molecule has 0 radical (unpaired) electrons. The average Bonchev–Trinajstić information content (AvgIpc) is 2.85. The molecule has 1 aliphatic heterocycles. The second-order valence-electron chi connectivity index (χ2n) is 5.36. The summed E-state index contributed by atoms with van der Waals surface area (Å²) in [6.45, 7) is 7.12. The molecular weight excluding hydrogens is 244 g/mol. The molecule has 2 N–H and O–H groups in total. The molecule has 0 aromatic carbocycles. The molecular formula is C14H24N2OS. The Kier molecular flexibility index (Phi) is 4.43. The van der Waals surface area contributed by atoms with Crippen LogP contribution in [-0.4, -0.2) is 37.2 Å². The highest BCUT2D eigenvalue weighted by Gasteiger charge is 2.37. The van der Waals surface area contributed by atoms with Crippen molar-refractivity contribution in [3.05, 3.63) is 21.9 Å². The molecule has 1 aromatic heterocycles. The van der Waals surface area contributed by atoms with Gasteiger partial charge in [-0.2, -0.15) is 0 Å². The number of ether oxygens (including phenoxy) is 1. The highest BCUT2D eigenvalue weighted by Crippen LogP contribution is 2.37. The zero-order chi connectivity index (χ0) is 13.2. The molecule has 0 bridgehead atoms. The maximum atomic E-state index is 6.04. The van der Waals surface area contributed by atoms with Gasteiger partial charge in [0, 0.05) is 43.3 Å². The third-order valence-electron chi connectivity index (χ3n) is 4.26. The number of thiophene rings is 1. The van der Waals surface area contributed by atoms with Crippen LogP contribution in [0.1, 0.15) is 36.8 Å². The highest BCUT2D eigenvalue weighted by molar-refractivity contribution is 7.10. The molecule has 4 heteroatoms. The molecule has 102 valence electrons. The van der Waals surface area contributed by atoms with Gasteiger partial charge in [0.2, 0.25) is 0 Å². The van der Waals surface area contributed by atoms with Crippen molar-refractivity contribution < 1.29 is 4.74 Å². The van der Waals surface area contributed by atoms with Gasteiger partial charge < -0.3 is 10.5 Å². The Bertz CT molecular complexity index is 393. The van der Waals surface area contributed by atoms with E-state index in [0.29, 0.717) is 12.6 Å². The normalized spacial score (nSPS) is 23.7. The molecule has 1 aromatic rings. The topological polar surface area (TPSA) is 38.5 Å². The minimum atomic E-state index is 0.0368. The van der Waals surface area contributed by atoms with Gasteiger partial charge in [-0.25, -0.2) is 0 Å². The summed E-state index contributed by atoms with van der Waals surface area (Å²) in [6.07, 6.45) is 2.14.